The highest BCUT2D eigenvalue weighted by molar-refractivity contribution is 7.16. The summed E-state index contributed by atoms with van der Waals surface area (Å²) < 4.78 is 4.78. The van der Waals surface area contributed by atoms with Gasteiger partial charge in [0, 0.05) is 16.8 Å². The van der Waals surface area contributed by atoms with Gasteiger partial charge in [0.15, 0.2) is 0 Å². The number of anilines is 1. The quantitative estimate of drug-likeness (QED) is 0.885. The number of carbonyl (C=O) groups is 2. The number of carbonyl (C=O) groups excluding carboxylic acids is 2. The van der Waals surface area contributed by atoms with Crippen LogP contribution in [0.4, 0.5) is 5.00 Å². The van der Waals surface area contributed by atoms with Crippen LogP contribution in [0, 0.1) is 20.8 Å². The zero-order valence-corrected chi connectivity index (χ0v) is 13.1. The van der Waals surface area contributed by atoms with Gasteiger partial charge in [-0.15, -0.1) is 11.3 Å². The average Bonchev–Trinajstić information content (AvgIpc) is 2.73. The number of esters is 1. The Hall–Kier alpha value is -2.21. The maximum Gasteiger partial charge on any atom is 0.341 e. The van der Waals surface area contributed by atoms with Crippen molar-refractivity contribution in [2.24, 2.45) is 0 Å². The molecule has 2 aromatic heterocycles. The standard InChI is InChI=1S/C15H16N2O3S/c1-8-5-6-11(7-16-8)13(18)17-14-12(15(19)20-4)9(2)10(3)21-14/h5-7H,1-4H3,(H,17,18). The fraction of sp³-hybridized carbons (Fsp3) is 0.267. The summed E-state index contributed by atoms with van der Waals surface area (Å²) in [5, 5.41) is 3.26. The third-order valence-electron chi connectivity index (χ3n) is 3.18. The number of amides is 1. The molecular weight excluding hydrogens is 288 g/mol. The van der Waals surface area contributed by atoms with Crippen LogP contribution in [0.2, 0.25) is 0 Å². The molecule has 1 amide bonds. The highest BCUT2D eigenvalue weighted by Gasteiger charge is 2.21. The van der Waals surface area contributed by atoms with Crippen LogP contribution < -0.4 is 5.32 Å². The normalized spacial score (nSPS) is 10.3. The highest BCUT2D eigenvalue weighted by Crippen LogP contribution is 2.33. The SMILES string of the molecule is COC(=O)c1c(NC(=O)c2ccc(C)nc2)sc(C)c1C. The first-order valence-electron chi connectivity index (χ1n) is 6.36. The van der Waals surface area contributed by atoms with Gasteiger partial charge >= 0.3 is 5.97 Å². The van der Waals surface area contributed by atoms with Gasteiger partial charge in [-0.25, -0.2) is 4.79 Å². The molecule has 0 radical (unpaired) electrons. The van der Waals surface area contributed by atoms with Crippen LogP contribution in [-0.2, 0) is 4.74 Å². The zero-order chi connectivity index (χ0) is 15.6. The third-order valence-corrected chi connectivity index (χ3v) is 4.30. The van der Waals surface area contributed by atoms with E-state index in [0.717, 1.165) is 16.1 Å². The van der Waals surface area contributed by atoms with Crippen LogP contribution in [0.3, 0.4) is 0 Å². The lowest BCUT2D eigenvalue weighted by Gasteiger charge is -2.06. The summed E-state index contributed by atoms with van der Waals surface area (Å²) in [6.45, 7) is 5.58. The van der Waals surface area contributed by atoms with E-state index in [0.29, 0.717) is 16.1 Å². The molecule has 0 saturated carbocycles. The van der Waals surface area contributed by atoms with Crippen molar-refractivity contribution in [3.63, 3.8) is 0 Å². The van der Waals surface area contributed by atoms with Crippen LogP contribution in [0.25, 0.3) is 0 Å². The molecule has 1 N–H and O–H groups in total. The molecule has 0 atom stereocenters. The molecule has 0 fully saturated rings. The molecule has 0 unspecified atom stereocenters. The second kappa shape index (κ2) is 6.05. The molecule has 0 aliphatic heterocycles. The van der Waals surface area contributed by atoms with E-state index in [2.05, 4.69) is 10.3 Å². The Morgan fingerprint density at radius 2 is 1.95 bits per heavy atom. The fourth-order valence-corrected chi connectivity index (χ4v) is 2.88. The number of methoxy groups -OCH3 is 1. The summed E-state index contributed by atoms with van der Waals surface area (Å²) >= 11 is 1.36. The van der Waals surface area contributed by atoms with Gasteiger partial charge in [-0.3, -0.25) is 9.78 Å². The van der Waals surface area contributed by atoms with Gasteiger partial charge in [-0.2, -0.15) is 0 Å². The molecule has 110 valence electrons. The molecule has 0 saturated heterocycles. The lowest BCUT2D eigenvalue weighted by Crippen LogP contribution is -2.14. The first-order chi connectivity index (χ1) is 9.93. The highest BCUT2D eigenvalue weighted by atomic mass is 32.1. The van der Waals surface area contributed by atoms with Gasteiger partial charge in [0.2, 0.25) is 0 Å². The summed E-state index contributed by atoms with van der Waals surface area (Å²) in [7, 11) is 1.32. The Balaban J connectivity index is 2.31. The fourth-order valence-electron chi connectivity index (χ4n) is 1.84. The Kier molecular flexibility index (Phi) is 4.37. The molecule has 0 bridgehead atoms. The van der Waals surface area contributed by atoms with Crippen molar-refractivity contribution in [2.45, 2.75) is 20.8 Å². The van der Waals surface area contributed by atoms with Crippen molar-refractivity contribution in [2.75, 3.05) is 12.4 Å². The number of pyridine rings is 1. The first kappa shape index (κ1) is 15.2. The van der Waals surface area contributed by atoms with Crippen molar-refractivity contribution in [3.05, 3.63) is 45.6 Å². The van der Waals surface area contributed by atoms with Crippen molar-refractivity contribution < 1.29 is 14.3 Å². The molecule has 0 aliphatic carbocycles. The second-order valence-electron chi connectivity index (χ2n) is 4.62. The molecule has 21 heavy (non-hydrogen) atoms. The second-order valence-corrected chi connectivity index (χ2v) is 5.85. The summed E-state index contributed by atoms with van der Waals surface area (Å²) in [5.41, 5.74) is 2.52. The molecule has 6 heteroatoms. The summed E-state index contributed by atoms with van der Waals surface area (Å²) in [6, 6.07) is 3.46. The van der Waals surface area contributed by atoms with E-state index < -0.39 is 5.97 Å². The summed E-state index contributed by atoms with van der Waals surface area (Å²) in [4.78, 5) is 29.1. The number of rotatable bonds is 3. The van der Waals surface area contributed by atoms with Gasteiger partial charge in [0.05, 0.1) is 18.2 Å². The van der Waals surface area contributed by atoms with Gasteiger partial charge in [-0.1, -0.05) is 0 Å². The molecule has 5 nitrogen and oxygen atoms in total. The van der Waals surface area contributed by atoms with Crippen molar-refractivity contribution in [3.8, 4) is 0 Å². The van der Waals surface area contributed by atoms with E-state index in [1.807, 2.05) is 20.8 Å². The number of thiophene rings is 1. The Morgan fingerprint density at radius 3 is 2.52 bits per heavy atom. The molecule has 0 aliphatic rings. The lowest BCUT2D eigenvalue weighted by molar-refractivity contribution is 0.0601. The van der Waals surface area contributed by atoms with E-state index in [9.17, 15) is 9.59 Å². The van der Waals surface area contributed by atoms with Crippen molar-refractivity contribution >= 4 is 28.2 Å². The van der Waals surface area contributed by atoms with Crippen molar-refractivity contribution in [1.29, 1.82) is 0 Å². The van der Waals surface area contributed by atoms with Crippen LogP contribution in [0.5, 0.6) is 0 Å². The van der Waals surface area contributed by atoms with Gasteiger partial charge in [0.25, 0.3) is 5.91 Å². The van der Waals surface area contributed by atoms with E-state index in [-0.39, 0.29) is 5.91 Å². The van der Waals surface area contributed by atoms with E-state index >= 15 is 0 Å². The van der Waals surface area contributed by atoms with Crippen LogP contribution in [0.1, 0.15) is 36.9 Å². The summed E-state index contributed by atoms with van der Waals surface area (Å²) in [6.07, 6.45) is 1.51. The van der Waals surface area contributed by atoms with Crippen LogP contribution in [0.15, 0.2) is 18.3 Å². The minimum Gasteiger partial charge on any atom is -0.465 e. The number of hydrogen-bond acceptors (Lipinski definition) is 5. The first-order valence-corrected chi connectivity index (χ1v) is 7.18. The predicted molar refractivity (Wildman–Crippen MR) is 82.1 cm³/mol. The van der Waals surface area contributed by atoms with Crippen LogP contribution >= 0.6 is 11.3 Å². The average molecular weight is 304 g/mol. The Morgan fingerprint density at radius 1 is 1.24 bits per heavy atom. The van der Waals surface area contributed by atoms with E-state index in [4.69, 9.17) is 4.74 Å². The zero-order valence-electron chi connectivity index (χ0n) is 12.3. The van der Waals surface area contributed by atoms with E-state index in [1.165, 1.54) is 24.6 Å². The molecule has 2 rings (SSSR count). The Labute approximate surface area is 127 Å². The van der Waals surface area contributed by atoms with Gasteiger partial charge in [0.1, 0.15) is 5.00 Å². The molecule has 2 aromatic rings. The third kappa shape index (κ3) is 3.11. The molecule has 0 aromatic carbocycles. The minimum absolute atomic E-state index is 0.297. The lowest BCUT2D eigenvalue weighted by atomic mass is 10.1. The predicted octanol–water partition coefficient (Wildman–Crippen LogP) is 3.11. The molecule has 2 heterocycles. The monoisotopic (exact) mass is 304 g/mol. The maximum absolute atomic E-state index is 12.2. The summed E-state index contributed by atoms with van der Waals surface area (Å²) in [5.74, 6) is -0.747. The van der Waals surface area contributed by atoms with E-state index in [1.54, 1.807) is 12.1 Å². The largest absolute Gasteiger partial charge is 0.465 e. The minimum atomic E-state index is -0.450. The molecule has 0 spiro atoms. The number of nitrogens with one attached hydrogen (secondary N) is 1. The van der Waals surface area contributed by atoms with Crippen LogP contribution in [-0.4, -0.2) is 24.0 Å². The van der Waals surface area contributed by atoms with Crippen molar-refractivity contribution in [1.82, 2.24) is 4.98 Å². The maximum atomic E-state index is 12.2. The number of aromatic nitrogens is 1. The number of hydrogen-bond donors (Lipinski definition) is 1. The van der Waals surface area contributed by atoms with Gasteiger partial charge < -0.3 is 10.1 Å². The molecular formula is C15H16N2O3S. The number of nitrogens with zero attached hydrogens (tertiary/aromatic N) is 1. The Bertz CT molecular complexity index is 690. The number of aryl methyl sites for hydroxylation is 2. The topological polar surface area (TPSA) is 68.3 Å². The number of ether oxygens (including phenoxy) is 1. The smallest absolute Gasteiger partial charge is 0.341 e. The van der Waals surface area contributed by atoms with Gasteiger partial charge in [-0.05, 0) is 38.5 Å².